The number of methoxy groups -OCH3 is 1. The van der Waals surface area contributed by atoms with Crippen LogP contribution in [-0.2, 0) is 10.0 Å². The molecule has 2 aromatic rings. The van der Waals surface area contributed by atoms with E-state index in [4.69, 9.17) is 4.74 Å². The van der Waals surface area contributed by atoms with E-state index in [-0.39, 0.29) is 0 Å². The average Bonchev–Trinajstić information content (AvgIpc) is 2.53. The van der Waals surface area contributed by atoms with Gasteiger partial charge in [-0.15, -0.1) is 11.8 Å². The minimum absolute atomic E-state index is 0.329. The summed E-state index contributed by atoms with van der Waals surface area (Å²) >= 11 is 1.69. The molecule has 2 aromatic carbocycles. The number of benzene rings is 2. The lowest BCUT2D eigenvalue weighted by Crippen LogP contribution is -2.35. The highest BCUT2D eigenvalue weighted by molar-refractivity contribution is 8.00. The van der Waals surface area contributed by atoms with Gasteiger partial charge in [-0.05, 0) is 42.8 Å². The zero-order chi connectivity index (χ0) is 15.7. The third kappa shape index (κ3) is 2.57. The molecule has 3 rings (SSSR count). The Balaban J connectivity index is 2.08. The largest absolute Gasteiger partial charge is 0.497 e. The van der Waals surface area contributed by atoms with Gasteiger partial charge in [0.25, 0.3) is 10.0 Å². The van der Waals surface area contributed by atoms with Crippen LogP contribution in [0, 0.1) is 6.92 Å². The Morgan fingerprint density at radius 1 is 1.18 bits per heavy atom. The first-order valence-electron chi connectivity index (χ1n) is 6.93. The van der Waals surface area contributed by atoms with Gasteiger partial charge in [0.15, 0.2) is 0 Å². The third-order valence-corrected chi connectivity index (χ3v) is 6.65. The van der Waals surface area contributed by atoms with Crippen LogP contribution >= 0.6 is 11.8 Å². The van der Waals surface area contributed by atoms with Crippen LogP contribution in [0.3, 0.4) is 0 Å². The van der Waals surface area contributed by atoms with Crippen molar-refractivity contribution in [1.82, 2.24) is 0 Å². The molecule has 0 saturated carbocycles. The van der Waals surface area contributed by atoms with Gasteiger partial charge in [0.1, 0.15) is 5.75 Å². The maximum atomic E-state index is 13.0. The molecule has 0 aliphatic carbocycles. The fourth-order valence-corrected chi connectivity index (χ4v) is 5.41. The molecule has 22 heavy (non-hydrogen) atoms. The van der Waals surface area contributed by atoms with Crippen molar-refractivity contribution in [3.63, 3.8) is 0 Å². The Bertz CT molecular complexity index is 803. The number of hydrogen-bond donors (Lipinski definition) is 0. The SMILES string of the molecule is COc1ccc(S(=O)(=O)N2CCSc3ccccc32)c(C)c1. The number of nitrogens with zero attached hydrogens (tertiary/aromatic N) is 1. The zero-order valence-electron chi connectivity index (χ0n) is 12.4. The fourth-order valence-electron chi connectivity index (χ4n) is 2.55. The van der Waals surface area contributed by atoms with Crippen molar-refractivity contribution in [2.75, 3.05) is 23.7 Å². The summed E-state index contributed by atoms with van der Waals surface area (Å²) in [6, 6.07) is 12.7. The second-order valence-corrected chi connectivity index (χ2v) is 7.99. The van der Waals surface area contributed by atoms with Crippen LogP contribution in [0.1, 0.15) is 5.56 Å². The molecule has 1 heterocycles. The van der Waals surface area contributed by atoms with Gasteiger partial charge in [-0.3, -0.25) is 4.31 Å². The molecular weight excluding hydrogens is 318 g/mol. The predicted molar refractivity (Wildman–Crippen MR) is 89.4 cm³/mol. The van der Waals surface area contributed by atoms with Gasteiger partial charge in [-0.25, -0.2) is 8.42 Å². The molecule has 0 amide bonds. The van der Waals surface area contributed by atoms with E-state index in [1.54, 1.807) is 44.0 Å². The predicted octanol–water partition coefficient (Wildman–Crippen LogP) is 3.30. The van der Waals surface area contributed by atoms with Crippen LogP contribution in [0.2, 0.25) is 0 Å². The van der Waals surface area contributed by atoms with E-state index in [1.807, 2.05) is 24.3 Å². The van der Waals surface area contributed by atoms with Gasteiger partial charge in [0, 0.05) is 17.2 Å². The Morgan fingerprint density at radius 2 is 1.95 bits per heavy atom. The van der Waals surface area contributed by atoms with E-state index >= 15 is 0 Å². The molecule has 116 valence electrons. The standard InChI is InChI=1S/C16H17NO3S2/c1-12-11-13(20-2)7-8-16(12)22(18,19)17-9-10-21-15-6-4-3-5-14(15)17/h3-8,11H,9-10H2,1-2H3. The second kappa shape index (κ2) is 5.85. The molecule has 0 spiro atoms. The number of anilines is 1. The minimum atomic E-state index is -3.57. The first-order chi connectivity index (χ1) is 10.5. The maximum absolute atomic E-state index is 13.0. The monoisotopic (exact) mass is 335 g/mol. The van der Waals surface area contributed by atoms with Crippen LogP contribution in [0.15, 0.2) is 52.3 Å². The van der Waals surface area contributed by atoms with Crippen molar-refractivity contribution in [3.05, 3.63) is 48.0 Å². The molecule has 4 nitrogen and oxygen atoms in total. The summed E-state index contributed by atoms with van der Waals surface area (Å²) in [4.78, 5) is 1.33. The molecule has 0 bridgehead atoms. The number of aryl methyl sites for hydroxylation is 1. The Morgan fingerprint density at radius 3 is 2.68 bits per heavy atom. The Labute approximate surface area is 135 Å². The molecule has 6 heteroatoms. The van der Waals surface area contributed by atoms with Crippen molar-refractivity contribution >= 4 is 27.5 Å². The number of fused-ring (bicyclic) bond motifs is 1. The highest BCUT2D eigenvalue weighted by Gasteiger charge is 2.30. The molecule has 0 radical (unpaired) electrons. The average molecular weight is 335 g/mol. The smallest absolute Gasteiger partial charge is 0.264 e. The molecule has 0 unspecified atom stereocenters. The molecule has 0 atom stereocenters. The quantitative estimate of drug-likeness (QED) is 0.863. The first-order valence-corrected chi connectivity index (χ1v) is 9.36. The second-order valence-electron chi connectivity index (χ2n) is 5.02. The lowest BCUT2D eigenvalue weighted by atomic mass is 10.2. The van der Waals surface area contributed by atoms with Crippen LogP contribution in [0.5, 0.6) is 5.75 Å². The van der Waals surface area contributed by atoms with E-state index in [0.717, 1.165) is 16.3 Å². The molecule has 0 N–H and O–H groups in total. The van der Waals surface area contributed by atoms with E-state index < -0.39 is 10.0 Å². The summed E-state index contributed by atoms with van der Waals surface area (Å²) in [5, 5.41) is 0. The van der Waals surface area contributed by atoms with Gasteiger partial charge < -0.3 is 4.74 Å². The minimum Gasteiger partial charge on any atom is -0.497 e. The number of ether oxygens (including phenoxy) is 1. The maximum Gasteiger partial charge on any atom is 0.264 e. The third-order valence-electron chi connectivity index (χ3n) is 3.64. The van der Waals surface area contributed by atoms with E-state index in [1.165, 1.54) is 4.31 Å². The van der Waals surface area contributed by atoms with Crippen LogP contribution in [0.25, 0.3) is 0 Å². The summed E-state index contributed by atoms with van der Waals surface area (Å²) < 4.78 is 32.8. The number of rotatable bonds is 3. The first kappa shape index (κ1) is 15.2. The topological polar surface area (TPSA) is 46.6 Å². The van der Waals surface area contributed by atoms with Gasteiger partial charge in [-0.2, -0.15) is 0 Å². The normalized spacial score (nSPS) is 14.5. The van der Waals surface area contributed by atoms with Crippen molar-refractivity contribution in [3.8, 4) is 5.75 Å². The number of para-hydroxylation sites is 1. The number of hydrogen-bond acceptors (Lipinski definition) is 4. The van der Waals surface area contributed by atoms with Crippen molar-refractivity contribution in [2.45, 2.75) is 16.7 Å². The molecule has 0 saturated heterocycles. The van der Waals surface area contributed by atoms with Gasteiger partial charge in [-0.1, -0.05) is 12.1 Å². The van der Waals surface area contributed by atoms with E-state index in [0.29, 0.717) is 22.8 Å². The van der Waals surface area contributed by atoms with Gasteiger partial charge in [0.05, 0.1) is 17.7 Å². The number of sulfonamides is 1. The van der Waals surface area contributed by atoms with Gasteiger partial charge >= 0.3 is 0 Å². The van der Waals surface area contributed by atoms with Crippen molar-refractivity contribution < 1.29 is 13.2 Å². The lowest BCUT2D eigenvalue weighted by Gasteiger charge is -2.30. The molecular formula is C16H17NO3S2. The zero-order valence-corrected chi connectivity index (χ0v) is 14.1. The van der Waals surface area contributed by atoms with Gasteiger partial charge in [0.2, 0.25) is 0 Å². The molecule has 0 aromatic heterocycles. The summed E-state index contributed by atoms with van der Waals surface area (Å²) in [6.07, 6.45) is 0. The lowest BCUT2D eigenvalue weighted by molar-refractivity contribution is 0.414. The summed E-state index contributed by atoms with van der Waals surface area (Å²) in [5.41, 5.74) is 1.45. The summed E-state index contributed by atoms with van der Waals surface area (Å²) in [7, 11) is -2.00. The van der Waals surface area contributed by atoms with Crippen molar-refractivity contribution in [1.29, 1.82) is 0 Å². The fraction of sp³-hybridized carbons (Fsp3) is 0.250. The molecule has 1 aliphatic heterocycles. The Hall–Kier alpha value is -1.66. The van der Waals surface area contributed by atoms with E-state index in [9.17, 15) is 8.42 Å². The van der Waals surface area contributed by atoms with Crippen molar-refractivity contribution in [2.24, 2.45) is 0 Å². The van der Waals surface area contributed by atoms with Crippen LogP contribution in [0.4, 0.5) is 5.69 Å². The Kier molecular flexibility index (Phi) is 4.06. The summed E-state index contributed by atoms with van der Waals surface area (Å²) in [6.45, 7) is 2.27. The van der Waals surface area contributed by atoms with Crippen LogP contribution < -0.4 is 9.04 Å². The van der Waals surface area contributed by atoms with Crippen LogP contribution in [-0.4, -0.2) is 27.8 Å². The highest BCUT2D eigenvalue weighted by Crippen LogP contribution is 2.38. The summed E-state index contributed by atoms with van der Waals surface area (Å²) in [5.74, 6) is 1.41. The molecule has 1 aliphatic rings. The number of thioether (sulfide) groups is 1. The molecule has 0 fully saturated rings. The van der Waals surface area contributed by atoms with E-state index in [2.05, 4.69) is 0 Å². The highest BCUT2D eigenvalue weighted by atomic mass is 32.2.